The van der Waals surface area contributed by atoms with E-state index in [0.717, 1.165) is 64.2 Å². The molecular weight excluding hydrogens is 739 g/mol. The van der Waals surface area contributed by atoms with Crippen molar-refractivity contribution in [3.8, 4) is 0 Å². The van der Waals surface area contributed by atoms with Crippen LogP contribution in [0.4, 0.5) is 0 Å². The Morgan fingerprint density at radius 3 is 1.59 bits per heavy atom. The molecule has 0 N–H and O–H groups in total. The highest BCUT2D eigenvalue weighted by molar-refractivity contribution is 5.70. The molecular formula is C51H81NO7. The SMILES string of the molecule is CCC/C=C/C=C/C=C/C=C/C=C/CCCCCCCC(=O)OC(COCCC(C(=O)[O-])[N+](C)(C)C)COC(=O)CCC/C=C/C/C=C/C/C=C/C/C=C/CCCCC. The van der Waals surface area contributed by atoms with E-state index in [0.29, 0.717) is 12.8 Å². The number of likely N-dealkylation sites (N-methyl/N-ethyl adjacent to an activating group) is 1. The molecule has 0 spiro atoms. The van der Waals surface area contributed by atoms with Gasteiger partial charge >= 0.3 is 11.9 Å². The first kappa shape index (κ1) is 55.0. The Labute approximate surface area is 359 Å². The van der Waals surface area contributed by atoms with Gasteiger partial charge in [-0.25, -0.2) is 0 Å². The summed E-state index contributed by atoms with van der Waals surface area (Å²) in [5.74, 6) is -1.86. The molecule has 2 atom stereocenters. The highest BCUT2D eigenvalue weighted by Gasteiger charge is 2.25. The minimum Gasteiger partial charge on any atom is -0.544 e. The Kier molecular flexibility index (Phi) is 38.0. The number of aliphatic carboxylic acids is 1. The molecule has 0 bridgehead atoms. The quantitative estimate of drug-likeness (QED) is 0.0201. The topological polar surface area (TPSA) is 102 Å². The highest BCUT2D eigenvalue weighted by Crippen LogP contribution is 2.11. The van der Waals surface area contributed by atoms with Crippen LogP contribution in [-0.4, -0.2) is 75.5 Å². The van der Waals surface area contributed by atoms with Crippen LogP contribution >= 0.6 is 0 Å². The maximum Gasteiger partial charge on any atom is 0.306 e. The molecule has 0 aromatic rings. The summed E-state index contributed by atoms with van der Waals surface area (Å²) in [6, 6.07) is -0.746. The number of rotatable bonds is 38. The second-order valence-electron chi connectivity index (χ2n) is 15.7. The number of quaternary nitrogens is 1. The fraction of sp³-hybridized carbons (Fsp3) is 0.588. The van der Waals surface area contributed by atoms with Crippen molar-refractivity contribution in [3.05, 3.63) is 109 Å². The van der Waals surface area contributed by atoms with Crippen LogP contribution < -0.4 is 5.11 Å². The Morgan fingerprint density at radius 2 is 1.02 bits per heavy atom. The van der Waals surface area contributed by atoms with Crippen LogP contribution in [0.15, 0.2) is 109 Å². The molecule has 0 saturated heterocycles. The Hall–Kier alpha value is -4.01. The van der Waals surface area contributed by atoms with Gasteiger partial charge in [0, 0.05) is 19.3 Å². The number of carbonyl (C=O) groups is 3. The molecule has 0 radical (unpaired) electrons. The fourth-order valence-corrected chi connectivity index (χ4v) is 5.74. The van der Waals surface area contributed by atoms with Crippen molar-refractivity contribution >= 4 is 17.9 Å². The zero-order valence-electron chi connectivity index (χ0n) is 37.6. The molecule has 0 heterocycles. The van der Waals surface area contributed by atoms with Crippen LogP contribution in [0.25, 0.3) is 0 Å². The lowest BCUT2D eigenvalue weighted by Crippen LogP contribution is -2.55. The first-order valence-electron chi connectivity index (χ1n) is 22.5. The van der Waals surface area contributed by atoms with E-state index in [1.807, 2.05) is 36.5 Å². The van der Waals surface area contributed by atoms with Gasteiger partial charge < -0.3 is 28.6 Å². The third-order valence-electron chi connectivity index (χ3n) is 9.24. The van der Waals surface area contributed by atoms with Crippen LogP contribution in [0.1, 0.15) is 142 Å². The van der Waals surface area contributed by atoms with E-state index in [9.17, 15) is 19.5 Å². The lowest BCUT2D eigenvalue weighted by molar-refractivity contribution is -0.889. The van der Waals surface area contributed by atoms with Crippen molar-refractivity contribution in [1.29, 1.82) is 0 Å². The van der Waals surface area contributed by atoms with Gasteiger partial charge in [-0.05, 0) is 70.6 Å². The average molecular weight is 820 g/mol. The molecule has 8 heteroatoms. The summed E-state index contributed by atoms with van der Waals surface area (Å²) in [5, 5.41) is 11.6. The number of hydrogen-bond acceptors (Lipinski definition) is 7. The standard InChI is InChI=1S/C51H81NO7/c1-6-8-10-12-14-16-18-20-22-24-26-28-30-32-34-36-38-40-42-50(54)59-47(45-57-44-43-48(51(55)56)52(3,4)5)46-58-49(53)41-39-37-35-33-31-29-27-25-23-21-19-17-15-13-11-9-7-2/h10,12,14-18,20-24,26-29,33,35,47-48H,6-9,11,13,19,25,30-32,34,36-46H2,1-5H3/b12-10+,16-14+,17-15+,20-18+,23-21+,24-22+,28-26+,29-27+,35-33+. The van der Waals surface area contributed by atoms with Gasteiger partial charge in [0.25, 0.3) is 0 Å². The number of unbranched alkanes of at least 4 members (excludes halogenated alkanes) is 10. The molecule has 2 unspecified atom stereocenters. The molecule has 0 aliphatic heterocycles. The molecule has 0 aromatic carbocycles. The van der Waals surface area contributed by atoms with Crippen molar-refractivity contribution in [2.45, 2.75) is 154 Å². The number of hydrogen-bond donors (Lipinski definition) is 0. The summed E-state index contributed by atoms with van der Waals surface area (Å²) in [6.07, 6.45) is 55.4. The third-order valence-corrected chi connectivity index (χ3v) is 9.24. The predicted octanol–water partition coefficient (Wildman–Crippen LogP) is 11.1. The summed E-state index contributed by atoms with van der Waals surface area (Å²) in [7, 11) is 5.37. The Balaban J connectivity index is 4.52. The molecule has 0 aromatic heterocycles. The minimum atomic E-state index is -1.14. The van der Waals surface area contributed by atoms with Gasteiger partial charge in [-0.2, -0.15) is 0 Å². The van der Waals surface area contributed by atoms with E-state index in [1.54, 1.807) is 21.1 Å². The highest BCUT2D eigenvalue weighted by atomic mass is 16.6. The molecule has 0 rings (SSSR count). The maximum absolute atomic E-state index is 12.7. The molecule has 0 aliphatic carbocycles. The maximum atomic E-state index is 12.7. The number of nitrogens with zero attached hydrogens (tertiary/aromatic N) is 1. The Bertz CT molecular complexity index is 1330. The van der Waals surface area contributed by atoms with E-state index < -0.39 is 18.1 Å². The van der Waals surface area contributed by atoms with Crippen molar-refractivity contribution < 1.29 is 38.2 Å². The summed E-state index contributed by atoms with van der Waals surface area (Å²) >= 11 is 0. The third kappa shape index (κ3) is 39.2. The zero-order valence-corrected chi connectivity index (χ0v) is 37.6. The first-order valence-corrected chi connectivity index (χ1v) is 22.5. The van der Waals surface area contributed by atoms with Crippen LogP contribution in [-0.2, 0) is 28.6 Å². The van der Waals surface area contributed by atoms with Crippen LogP contribution in [0.3, 0.4) is 0 Å². The summed E-state index contributed by atoms with van der Waals surface area (Å²) in [6.45, 7) is 4.43. The number of carboxylic acid groups (broad SMARTS) is 1. The second kappa shape index (κ2) is 40.8. The minimum absolute atomic E-state index is 0.00488. The van der Waals surface area contributed by atoms with Crippen molar-refractivity contribution in [2.75, 3.05) is 41.0 Å². The molecule has 0 saturated carbocycles. The molecule has 0 amide bonds. The Morgan fingerprint density at radius 1 is 0.525 bits per heavy atom. The van der Waals surface area contributed by atoms with Crippen molar-refractivity contribution in [3.63, 3.8) is 0 Å². The number of ether oxygens (including phenoxy) is 3. The number of esters is 2. The number of carboxylic acids is 1. The predicted molar refractivity (Wildman–Crippen MR) is 244 cm³/mol. The van der Waals surface area contributed by atoms with Gasteiger partial charge in [0.1, 0.15) is 12.6 Å². The van der Waals surface area contributed by atoms with Crippen LogP contribution in [0.5, 0.6) is 0 Å². The van der Waals surface area contributed by atoms with Gasteiger partial charge in [0.2, 0.25) is 0 Å². The fourth-order valence-electron chi connectivity index (χ4n) is 5.74. The normalized spacial score (nSPS) is 14.0. The number of carbonyl (C=O) groups excluding carboxylic acids is 3. The van der Waals surface area contributed by atoms with Crippen LogP contribution in [0.2, 0.25) is 0 Å². The number of allylic oxidation sites excluding steroid dienone is 18. The molecule has 0 aliphatic rings. The van der Waals surface area contributed by atoms with Crippen molar-refractivity contribution in [1.82, 2.24) is 0 Å². The zero-order chi connectivity index (χ0) is 43.5. The van der Waals surface area contributed by atoms with Crippen molar-refractivity contribution in [2.24, 2.45) is 0 Å². The van der Waals surface area contributed by atoms with E-state index in [2.05, 4.69) is 86.8 Å². The average Bonchev–Trinajstić information content (AvgIpc) is 3.19. The van der Waals surface area contributed by atoms with E-state index in [4.69, 9.17) is 14.2 Å². The lowest BCUT2D eigenvalue weighted by atomic mass is 10.1. The van der Waals surface area contributed by atoms with Gasteiger partial charge in [-0.3, -0.25) is 9.59 Å². The first-order chi connectivity index (χ1) is 28.6. The van der Waals surface area contributed by atoms with Crippen LogP contribution in [0, 0.1) is 0 Å². The van der Waals surface area contributed by atoms with Gasteiger partial charge in [-0.1, -0.05) is 162 Å². The van der Waals surface area contributed by atoms with Gasteiger partial charge in [0.15, 0.2) is 6.10 Å². The summed E-state index contributed by atoms with van der Waals surface area (Å²) in [4.78, 5) is 36.9. The monoisotopic (exact) mass is 820 g/mol. The van der Waals surface area contributed by atoms with E-state index >= 15 is 0 Å². The second-order valence-corrected chi connectivity index (χ2v) is 15.7. The van der Waals surface area contributed by atoms with E-state index in [-0.39, 0.29) is 55.5 Å². The molecule has 8 nitrogen and oxygen atoms in total. The lowest BCUT2D eigenvalue weighted by Gasteiger charge is -2.34. The molecule has 332 valence electrons. The largest absolute Gasteiger partial charge is 0.544 e. The smallest absolute Gasteiger partial charge is 0.306 e. The van der Waals surface area contributed by atoms with E-state index in [1.165, 1.54) is 32.1 Å². The summed E-state index contributed by atoms with van der Waals surface area (Å²) in [5.41, 5.74) is 0. The van der Waals surface area contributed by atoms with Gasteiger partial charge in [0.05, 0.1) is 40.3 Å². The molecule has 0 fully saturated rings. The summed E-state index contributed by atoms with van der Waals surface area (Å²) < 4.78 is 17.1. The van der Waals surface area contributed by atoms with Gasteiger partial charge in [-0.15, -0.1) is 0 Å². The molecule has 59 heavy (non-hydrogen) atoms.